The minimum Gasteiger partial charge on any atom is -0.480 e. The zero-order chi connectivity index (χ0) is 19.9. The highest BCUT2D eigenvalue weighted by Gasteiger charge is 2.36. The van der Waals surface area contributed by atoms with Crippen LogP contribution in [0.2, 0.25) is 0 Å². The highest BCUT2D eigenvalue weighted by atomic mass is 79.9. The van der Waals surface area contributed by atoms with E-state index < -0.39 is 23.7 Å². The molecule has 1 N–H and O–H groups in total. The van der Waals surface area contributed by atoms with Crippen LogP contribution in [0.5, 0.6) is 0 Å². The third-order valence-electron chi connectivity index (χ3n) is 4.32. The molecule has 0 spiro atoms. The number of carboxylic acid groups (broad SMARTS) is 1. The number of benzene rings is 1. The summed E-state index contributed by atoms with van der Waals surface area (Å²) < 4.78 is 3.10. The molecule has 8 heteroatoms. The molecule has 1 aromatic carbocycles. The Morgan fingerprint density at radius 1 is 1.22 bits per heavy atom. The normalized spacial score (nSPS) is 15.9. The van der Waals surface area contributed by atoms with Crippen LogP contribution in [0, 0.1) is 20.8 Å². The minimum absolute atomic E-state index is 0.230. The summed E-state index contributed by atoms with van der Waals surface area (Å²) in [5, 5.41) is 8.29. The van der Waals surface area contributed by atoms with Gasteiger partial charge in [0.2, 0.25) is 0 Å². The molecule has 2 amide bonds. The monoisotopic (exact) mass is 448 g/mol. The molecule has 0 aliphatic carbocycles. The van der Waals surface area contributed by atoms with Crippen molar-refractivity contribution in [1.82, 2.24) is 9.47 Å². The topological polar surface area (TPSA) is 79.6 Å². The number of hydrogen-bond acceptors (Lipinski definition) is 4. The first-order valence-electron chi connectivity index (χ1n) is 8.11. The number of carbonyl (C=O) groups is 3. The fraction of sp³-hybridized carbons (Fsp3) is 0.211. The largest absolute Gasteiger partial charge is 0.480 e. The van der Waals surface area contributed by atoms with Crippen molar-refractivity contribution in [2.24, 2.45) is 0 Å². The number of rotatable bonds is 4. The van der Waals surface area contributed by atoms with E-state index in [0.29, 0.717) is 0 Å². The number of aliphatic carboxylic acids is 1. The molecule has 0 radical (unpaired) electrons. The lowest BCUT2D eigenvalue weighted by Gasteiger charge is -2.11. The van der Waals surface area contributed by atoms with Crippen molar-refractivity contribution < 1.29 is 19.5 Å². The first kappa shape index (κ1) is 19.4. The van der Waals surface area contributed by atoms with E-state index in [4.69, 9.17) is 5.11 Å². The van der Waals surface area contributed by atoms with Crippen molar-refractivity contribution in [2.45, 2.75) is 20.8 Å². The molecule has 2 aromatic rings. The fourth-order valence-electron chi connectivity index (χ4n) is 3.01. The molecule has 1 aromatic heterocycles. The minimum atomic E-state index is -1.22. The molecule has 0 unspecified atom stereocenters. The van der Waals surface area contributed by atoms with Crippen LogP contribution in [-0.4, -0.2) is 38.2 Å². The van der Waals surface area contributed by atoms with Crippen molar-refractivity contribution in [2.75, 3.05) is 6.54 Å². The second-order valence-corrected chi connectivity index (χ2v) is 8.10. The number of carboxylic acids is 1. The first-order chi connectivity index (χ1) is 12.7. The summed E-state index contributed by atoms with van der Waals surface area (Å²) in [5.74, 6) is -1.79. The van der Waals surface area contributed by atoms with E-state index in [9.17, 15) is 14.4 Å². The quantitative estimate of drug-likeness (QED) is 0.705. The molecule has 1 aliphatic heterocycles. The predicted octanol–water partition coefficient (Wildman–Crippen LogP) is 4.29. The molecule has 0 saturated carbocycles. The van der Waals surface area contributed by atoms with Crippen molar-refractivity contribution in [3.8, 4) is 5.69 Å². The Bertz CT molecular complexity index is 1010. The molecule has 1 saturated heterocycles. The van der Waals surface area contributed by atoms with E-state index in [-0.39, 0.29) is 4.91 Å². The number of hydrogen-bond donors (Lipinski definition) is 1. The maximum absolute atomic E-state index is 12.4. The van der Waals surface area contributed by atoms with Gasteiger partial charge in [-0.3, -0.25) is 19.3 Å². The van der Waals surface area contributed by atoms with E-state index in [1.54, 1.807) is 6.08 Å². The van der Waals surface area contributed by atoms with Gasteiger partial charge in [-0.15, -0.1) is 0 Å². The molecule has 6 nitrogen and oxygen atoms in total. The van der Waals surface area contributed by atoms with Gasteiger partial charge < -0.3 is 9.67 Å². The van der Waals surface area contributed by atoms with E-state index in [0.717, 1.165) is 49.3 Å². The summed E-state index contributed by atoms with van der Waals surface area (Å²) in [5.41, 5.74) is 4.85. The number of aromatic nitrogens is 1. The Morgan fingerprint density at radius 2 is 1.93 bits per heavy atom. The third kappa shape index (κ3) is 3.72. The summed E-state index contributed by atoms with van der Waals surface area (Å²) in [6, 6.07) is 7.99. The standard InChI is InChI=1S/C19H17BrN2O4S/c1-10-6-14(4-5-15(10)20)22-11(2)7-13(12(22)3)8-16-18(25)21(9-17(23)24)19(26)27-16/h4-8H,9H2,1-3H3,(H,23,24)/b16-8+. The maximum Gasteiger partial charge on any atom is 0.323 e. The van der Waals surface area contributed by atoms with Gasteiger partial charge >= 0.3 is 5.97 Å². The summed E-state index contributed by atoms with van der Waals surface area (Å²) in [7, 11) is 0. The number of halogens is 1. The molecule has 1 aliphatic rings. The summed E-state index contributed by atoms with van der Waals surface area (Å²) in [4.78, 5) is 36.1. The zero-order valence-electron chi connectivity index (χ0n) is 14.9. The predicted molar refractivity (Wildman–Crippen MR) is 108 cm³/mol. The van der Waals surface area contributed by atoms with Crippen LogP contribution < -0.4 is 0 Å². The Hall–Kier alpha value is -2.32. The second-order valence-electron chi connectivity index (χ2n) is 6.26. The van der Waals surface area contributed by atoms with Gasteiger partial charge in [-0.1, -0.05) is 15.9 Å². The molecular formula is C19H17BrN2O4S. The number of imide groups is 1. The number of carbonyl (C=O) groups excluding carboxylic acids is 2. The molecular weight excluding hydrogens is 432 g/mol. The average molecular weight is 449 g/mol. The summed E-state index contributed by atoms with van der Waals surface area (Å²) in [6.45, 7) is 5.30. The Labute approximate surface area is 169 Å². The second kappa shape index (κ2) is 7.36. The van der Waals surface area contributed by atoms with E-state index in [2.05, 4.69) is 26.6 Å². The maximum atomic E-state index is 12.4. The van der Waals surface area contributed by atoms with Gasteiger partial charge in [0, 0.05) is 21.5 Å². The molecule has 1 fully saturated rings. The molecule has 27 heavy (non-hydrogen) atoms. The van der Waals surface area contributed by atoms with Crippen molar-refractivity contribution in [1.29, 1.82) is 0 Å². The third-order valence-corrected chi connectivity index (χ3v) is 6.12. The summed E-state index contributed by atoms with van der Waals surface area (Å²) in [6.07, 6.45) is 1.65. The Morgan fingerprint density at radius 3 is 2.56 bits per heavy atom. The Kier molecular flexibility index (Phi) is 5.30. The number of amides is 2. The molecule has 2 heterocycles. The van der Waals surface area contributed by atoms with E-state index >= 15 is 0 Å². The fourth-order valence-corrected chi connectivity index (χ4v) is 4.09. The molecule has 3 rings (SSSR count). The molecule has 0 bridgehead atoms. The van der Waals surface area contributed by atoms with E-state index in [1.165, 1.54) is 0 Å². The van der Waals surface area contributed by atoms with Gasteiger partial charge in [-0.25, -0.2) is 0 Å². The lowest BCUT2D eigenvalue weighted by Crippen LogP contribution is -2.33. The van der Waals surface area contributed by atoms with Crippen LogP contribution in [0.1, 0.15) is 22.5 Å². The number of thioether (sulfide) groups is 1. The lowest BCUT2D eigenvalue weighted by molar-refractivity contribution is -0.140. The van der Waals surface area contributed by atoms with Crippen molar-refractivity contribution >= 4 is 50.9 Å². The van der Waals surface area contributed by atoms with Crippen LogP contribution in [0.25, 0.3) is 11.8 Å². The molecule has 0 atom stereocenters. The van der Waals surface area contributed by atoms with Gasteiger partial charge in [0.25, 0.3) is 11.1 Å². The van der Waals surface area contributed by atoms with Gasteiger partial charge in [0.15, 0.2) is 0 Å². The van der Waals surface area contributed by atoms with Crippen molar-refractivity contribution in [3.05, 3.63) is 56.2 Å². The number of nitrogens with zero attached hydrogens (tertiary/aromatic N) is 2. The average Bonchev–Trinajstić information content (AvgIpc) is 3.01. The van der Waals surface area contributed by atoms with Crippen LogP contribution >= 0.6 is 27.7 Å². The smallest absolute Gasteiger partial charge is 0.323 e. The zero-order valence-corrected chi connectivity index (χ0v) is 17.3. The van der Waals surface area contributed by atoms with Gasteiger partial charge in [-0.05, 0) is 74.0 Å². The number of aryl methyl sites for hydroxylation is 2. The van der Waals surface area contributed by atoms with Crippen LogP contribution in [0.15, 0.2) is 33.6 Å². The molecule has 140 valence electrons. The SMILES string of the molecule is Cc1cc(-n2c(C)cc(/C=C3/SC(=O)N(CC(=O)O)C3=O)c2C)ccc1Br. The van der Waals surface area contributed by atoms with Gasteiger partial charge in [0.1, 0.15) is 6.54 Å². The van der Waals surface area contributed by atoms with Crippen LogP contribution in [0.3, 0.4) is 0 Å². The van der Waals surface area contributed by atoms with Gasteiger partial charge in [0.05, 0.1) is 4.91 Å². The van der Waals surface area contributed by atoms with Crippen LogP contribution in [0.4, 0.5) is 4.79 Å². The lowest BCUT2D eigenvalue weighted by atomic mass is 10.2. The highest BCUT2D eigenvalue weighted by molar-refractivity contribution is 9.10. The van der Waals surface area contributed by atoms with Gasteiger partial charge in [-0.2, -0.15) is 0 Å². The van der Waals surface area contributed by atoms with E-state index in [1.807, 2.05) is 39.0 Å². The summed E-state index contributed by atoms with van der Waals surface area (Å²) >= 11 is 4.26. The van der Waals surface area contributed by atoms with Crippen molar-refractivity contribution in [3.63, 3.8) is 0 Å². The first-order valence-corrected chi connectivity index (χ1v) is 9.72. The highest BCUT2D eigenvalue weighted by Crippen LogP contribution is 2.33. The Balaban J connectivity index is 1.99. The van der Waals surface area contributed by atoms with Crippen LogP contribution in [-0.2, 0) is 9.59 Å².